The Hall–Kier alpha value is -3.86. The number of benzene rings is 2. The van der Waals surface area contributed by atoms with E-state index in [1.807, 2.05) is 12.2 Å². The highest BCUT2D eigenvalue weighted by Gasteiger charge is 2.46. The number of carboxylic acid groups (broad SMARTS) is 1. The Balaban J connectivity index is 1.57. The van der Waals surface area contributed by atoms with Crippen LogP contribution in [0.5, 0.6) is 0 Å². The van der Waals surface area contributed by atoms with Gasteiger partial charge in [0, 0.05) is 9.99 Å². The lowest BCUT2D eigenvalue weighted by atomic mass is 10.00. The van der Waals surface area contributed by atoms with E-state index in [1.165, 1.54) is 12.5 Å². The zero-order valence-electron chi connectivity index (χ0n) is 19.6. The van der Waals surface area contributed by atoms with E-state index in [0.717, 1.165) is 26.9 Å². The summed E-state index contributed by atoms with van der Waals surface area (Å²) in [6.07, 6.45) is 11.0. The highest BCUT2D eigenvalue weighted by Crippen LogP contribution is 2.36. The van der Waals surface area contributed by atoms with E-state index in [0.29, 0.717) is 23.4 Å². The van der Waals surface area contributed by atoms with Crippen LogP contribution in [0.1, 0.15) is 41.2 Å². The van der Waals surface area contributed by atoms with Crippen LogP contribution in [-0.4, -0.2) is 33.8 Å². The Kier molecular flexibility index (Phi) is 7.13. The third-order valence-corrected chi connectivity index (χ3v) is 6.93. The average molecular weight is 610 g/mol. The minimum absolute atomic E-state index is 0.0278. The summed E-state index contributed by atoms with van der Waals surface area (Å²) in [6, 6.07) is 10.5. The lowest BCUT2D eigenvalue weighted by molar-refractivity contribution is -0.144. The van der Waals surface area contributed by atoms with Crippen LogP contribution in [0.4, 0.5) is 5.69 Å². The number of nitrogens with one attached hydrogen (secondary N) is 1. The molecule has 0 radical (unpaired) electrons. The van der Waals surface area contributed by atoms with Gasteiger partial charge in [-0.3, -0.25) is 9.59 Å². The van der Waals surface area contributed by atoms with E-state index in [2.05, 4.69) is 34.0 Å². The molecule has 2 unspecified atom stereocenters. The van der Waals surface area contributed by atoms with Gasteiger partial charge in [-0.2, -0.15) is 0 Å². The molecular weight excluding hydrogens is 587 g/mol. The van der Waals surface area contributed by atoms with Gasteiger partial charge in [0.1, 0.15) is 18.3 Å². The summed E-state index contributed by atoms with van der Waals surface area (Å²) in [5.74, 6) is -2.01. The molecule has 0 saturated carbocycles. The van der Waals surface area contributed by atoms with Crippen molar-refractivity contribution >= 4 is 46.1 Å². The topological polar surface area (TPSA) is 105 Å². The van der Waals surface area contributed by atoms with Gasteiger partial charge in [0.2, 0.25) is 0 Å². The maximum atomic E-state index is 14.0. The summed E-state index contributed by atoms with van der Waals surface area (Å²) in [6.45, 7) is 0. The molecule has 0 aromatic heterocycles. The van der Waals surface area contributed by atoms with Crippen molar-refractivity contribution < 1.29 is 29.0 Å². The molecular formula is C28H23IN2O6. The number of carboxylic acids is 1. The van der Waals surface area contributed by atoms with E-state index >= 15 is 0 Å². The van der Waals surface area contributed by atoms with Gasteiger partial charge in [0.25, 0.3) is 11.8 Å². The molecule has 9 heteroatoms. The highest BCUT2D eigenvalue weighted by atomic mass is 127. The van der Waals surface area contributed by atoms with Crippen molar-refractivity contribution in [2.45, 2.75) is 31.3 Å². The van der Waals surface area contributed by atoms with Crippen LogP contribution >= 0.6 is 22.6 Å². The number of aliphatic carboxylic acids is 1. The van der Waals surface area contributed by atoms with Crippen molar-refractivity contribution in [1.29, 1.82) is 0 Å². The number of ether oxygens (including phenoxy) is 2. The van der Waals surface area contributed by atoms with Crippen LogP contribution in [0.3, 0.4) is 0 Å². The second-order valence-electron chi connectivity index (χ2n) is 8.76. The number of hydrogen-bond donors (Lipinski definition) is 2. The lowest BCUT2D eigenvalue weighted by Gasteiger charge is -2.35. The standard InChI is InChI=1S/C28H23IN2O6/c29-19-11-12-22-21(14-19)27(33)31(24(28(34)35)18-9-5-2-6-10-18)25(26(32)30-22)23-16-36-15-20(37-23)13-17-7-3-1-4-8-17/h1-3,5-7,9-12,14-16,24-25H,4,8,13H2,(H,30,32)(H,34,35). The molecule has 8 nitrogen and oxygen atoms in total. The number of nitrogens with zero attached hydrogens (tertiary/aromatic N) is 1. The monoisotopic (exact) mass is 610 g/mol. The Labute approximate surface area is 227 Å². The Morgan fingerprint density at radius 1 is 1.16 bits per heavy atom. The molecule has 2 amide bonds. The van der Waals surface area contributed by atoms with E-state index in [1.54, 1.807) is 48.5 Å². The van der Waals surface area contributed by atoms with Crippen molar-refractivity contribution in [1.82, 2.24) is 4.90 Å². The largest absolute Gasteiger partial charge is 0.479 e. The first-order chi connectivity index (χ1) is 17.9. The zero-order chi connectivity index (χ0) is 25.9. The van der Waals surface area contributed by atoms with Crippen molar-refractivity contribution in [3.63, 3.8) is 0 Å². The molecule has 2 atom stereocenters. The molecule has 2 heterocycles. The number of hydrogen-bond acceptors (Lipinski definition) is 5. The number of carbonyl (C=O) groups excluding carboxylic acids is 2. The Morgan fingerprint density at radius 3 is 2.70 bits per heavy atom. The molecule has 5 rings (SSSR count). The molecule has 0 saturated heterocycles. The molecule has 3 aliphatic rings. The van der Waals surface area contributed by atoms with Crippen molar-refractivity contribution in [3.8, 4) is 0 Å². The van der Waals surface area contributed by atoms with Crippen LogP contribution in [0, 0.1) is 3.57 Å². The molecule has 2 aromatic carbocycles. The van der Waals surface area contributed by atoms with Crippen LogP contribution in [0.15, 0.2) is 96.4 Å². The van der Waals surface area contributed by atoms with Crippen LogP contribution < -0.4 is 5.32 Å². The average Bonchev–Trinajstić information content (AvgIpc) is 2.99. The molecule has 2 aliphatic heterocycles. The predicted octanol–water partition coefficient (Wildman–Crippen LogP) is 5.28. The maximum Gasteiger partial charge on any atom is 0.331 e. The number of carbonyl (C=O) groups is 3. The first kappa shape index (κ1) is 24.8. The van der Waals surface area contributed by atoms with Crippen LogP contribution in [0.2, 0.25) is 0 Å². The van der Waals surface area contributed by atoms with E-state index < -0.39 is 29.9 Å². The minimum atomic E-state index is -1.46. The van der Waals surface area contributed by atoms with Gasteiger partial charge in [-0.05, 0) is 59.2 Å². The van der Waals surface area contributed by atoms with E-state index in [9.17, 15) is 19.5 Å². The van der Waals surface area contributed by atoms with Crippen molar-refractivity contribution in [2.75, 3.05) is 5.32 Å². The van der Waals surface area contributed by atoms with Gasteiger partial charge in [-0.1, -0.05) is 54.1 Å². The minimum Gasteiger partial charge on any atom is -0.479 e. The third kappa shape index (κ3) is 5.17. The molecule has 0 fully saturated rings. The molecule has 0 bridgehead atoms. The number of halogens is 1. The predicted molar refractivity (Wildman–Crippen MR) is 144 cm³/mol. The van der Waals surface area contributed by atoms with Crippen molar-refractivity contribution in [2.24, 2.45) is 0 Å². The number of rotatable bonds is 6. The number of fused-ring (bicyclic) bond motifs is 1. The van der Waals surface area contributed by atoms with Gasteiger partial charge in [-0.15, -0.1) is 0 Å². The Morgan fingerprint density at radius 2 is 1.97 bits per heavy atom. The molecule has 1 aliphatic carbocycles. The number of allylic oxidation sites excluding steroid dienone is 4. The Bertz CT molecular complexity index is 1380. The van der Waals surface area contributed by atoms with Crippen LogP contribution in [0.25, 0.3) is 0 Å². The SMILES string of the molecule is O=C1Nc2ccc(I)cc2C(=O)N(C(C(=O)O)c2ccccc2)C1C1=COC=C(CC2=CC=CCC2)O1. The summed E-state index contributed by atoms with van der Waals surface area (Å²) in [4.78, 5) is 41.4. The number of anilines is 1. The molecule has 2 aromatic rings. The molecule has 188 valence electrons. The van der Waals surface area contributed by atoms with Gasteiger partial charge < -0.3 is 24.8 Å². The first-order valence-electron chi connectivity index (χ1n) is 11.7. The molecule has 37 heavy (non-hydrogen) atoms. The fraction of sp³-hybridized carbons (Fsp3) is 0.179. The van der Waals surface area contributed by atoms with Crippen molar-refractivity contribution in [3.05, 3.63) is 111 Å². The molecule has 2 N–H and O–H groups in total. The summed E-state index contributed by atoms with van der Waals surface area (Å²) in [5, 5.41) is 13.1. The van der Waals surface area contributed by atoms with E-state index in [4.69, 9.17) is 9.47 Å². The second-order valence-corrected chi connectivity index (χ2v) is 10.0. The number of amides is 2. The quantitative estimate of drug-likeness (QED) is 0.432. The summed E-state index contributed by atoms with van der Waals surface area (Å²) in [7, 11) is 0. The second kappa shape index (κ2) is 10.6. The maximum absolute atomic E-state index is 14.0. The normalized spacial score (nSPS) is 19.8. The molecule has 0 spiro atoms. The third-order valence-electron chi connectivity index (χ3n) is 6.26. The van der Waals surface area contributed by atoms with Gasteiger partial charge in [-0.25, -0.2) is 4.79 Å². The fourth-order valence-corrected chi connectivity index (χ4v) is 5.07. The zero-order valence-corrected chi connectivity index (χ0v) is 21.8. The van der Waals surface area contributed by atoms with Gasteiger partial charge in [0.15, 0.2) is 17.8 Å². The fourth-order valence-electron chi connectivity index (χ4n) is 4.57. The smallest absolute Gasteiger partial charge is 0.331 e. The van der Waals surface area contributed by atoms with Crippen LogP contribution in [-0.2, 0) is 19.1 Å². The highest BCUT2D eigenvalue weighted by molar-refractivity contribution is 14.1. The summed E-state index contributed by atoms with van der Waals surface area (Å²) >= 11 is 2.07. The van der Waals surface area contributed by atoms with E-state index in [-0.39, 0.29) is 11.3 Å². The summed E-state index contributed by atoms with van der Waals surface area (Å²) in [5.41, 5.74) is 1.97. The van der Waals surface area contributed by atoms with Gasteiger partial charge >= 0.3 is 5.97 Å². The first-order valence-corrected chi connectivity index (χ1v) is 12.8. The van der Waals surface area contributed by atoms with Gasteiger partial charge in [0.05, 0.1) is 11.3 Å². The summed E-state index contributed by atoms with van der Waals surface area (Å²) < 4.78 is 12.4. The lowest BCUT2D eigenvalue weighted by Crippen LogP contribution is -2.51.